The first kappa shape index (κ1) is 15.7. The Labute approximate surface area is 111 Å². The fourth-order valence-electron chi connectivity index (χ4n) is 1.14. The lowest BCUT2D eigenvalue weighted by atomic mass is 10.2. The molecule has 0 saturated carbocycles. The average molecular weight is 317 g/mol. The second kappa shape index (κ2) is 5.35. The normalized spacial score (nSPS) is 12.4. The molecule has 19 heavy (non-hydrogen) atoms. The Bertz CT molecular complexity index is 601. The number of nitrogens with two attached hydrogens (primary N) is 1. The average Bonchev–Trinajstić information content (AvgIpc) is 2.25. The minimum Gasteiger partial charge on any atom is -0.369 e. The Kier molecular flexibility index (Phi) is 4.43. The molecule has 0 aromatic heterocycles. The van der Waals surface area contributed by atoms with Crippen LogP contribution in [0.2, 0.25) is 5.02 Å². The third-order valence-corrected chi connectivity index (χ3v) is 3.72. The van der Waals surface area contributed by atoms with Crippen LogP contribution in [-0.4, -0.2) is 20.9 Å². The molecule has 106 valence electrons. The first-order chi connectivity index (χ1) is 8.54. The second-order valence-corrected chi connectivity index (χ2v) is 5.60. The number of benzene rings is 1. The number of halogens is 4. The predicted octanol–water partition coefficient (Wildman–Crippen LogP) is 1.12. The van der Waals surface area contributed by atoms with Gasteiger partial charge in [0.25, 0.3) is 0 Å². The van der Waals surface area contributed by atoms with Gasteiger partial charge >= 0.3 is 6.18 Å². The van der Waals surface area contributed by atoms with Crippen LogP contribution in [0.15, 0.2) is 23.1 Å². The first-order valence-corrected chi connectivity index (χ1v) is 6.55. The summed E-state index contributed by atoms with van der Waals surface area (Å²) in [6, 6.07) is 2.08. The van der Waals surface area contributed by atoms with Crippen LogP contribution >= 0.6 is 11.6 Å². The molecule has 0 spiro atoms. The van der Waals surface area contributed by atoms with Crippen molar-refractivity contribution in [3.05, 3.63) is 28.8 Å². The van der Waals surface area contributed by atoms with Gasteiger partial charge in [0.15, 0.2) is 0 Å². The van der Waals surface area contributed by atoms with Crippen LogP contribution < -0.4 is 10.5 Å². The Morgan fingerprint density at radius 3 is 2.42 bits per heavy atom. The highest BCUT2D eigenvalue weighted by molar-refractivity contribution is 7.89. The molecular formula is C9H8ClF3N2O3S. The summed E-state index contributed by atoms with van der Waals surface area (Å²) in [6.07, 6.45) is -4.79. The first-order valence-electron chi connectivity index (χ1n) is 4.69. The van der Waals surface area contributed by atoms with Crippen LogP contribution in [0.3, 0.4) is 0 Å². The molecule has 3 N–H and O–H groups in total. The zero-order valence-electron chi connectivity index (χ0n) is 9.16. The smallest absolute Gasteiger partial charge is 0.369 e. The fourth-order valence-corrected chi connectivity index (χ4v) is 2.38. The maximum atomic E-state index is 12.6. The third-order valence-electron chi connectivity index (χ3n) is 1.99. The number of carbonyl (C=O) groups excluding carboxylic acids is 1. The number of rotatable bonds is 4. The third kappa shape index (κ3) is 4.08. The quantitative estimate of drug-likeness (QED) is 0.872. The van der Waals surface area contributed by atoms with Crippen molar-refractivity contribution in [1.82, 2.24) is 4.72 Å². The van der Waals surface area contributed by atoms with Crippen molar-refractivity contribution < 1.29 is 26.4 Å². The van der Waals surface area contributed by atoms with Crippen LogP contribution in [0, 0.1) is 0 Å². The lowest BCUT2D eigenvalue weighted by Gasteiger charge is -2.11. The highest BCUT2D eigenvalue weighted by atomic mass is 35.5. The van der Waals surface area contributed by atoms with Crippen LogP contribution in [-0.2, 0) is 21.0 Å². The van der Waals surface area contributed by atoms with Crippen LogP contribution in [0.4, 0.5) is 13.2 Å². The molecule has 1 aromatic carbocycles. The van der Waals surface area contributed by atoms with Crippen molar-refractivity contribution in [1.29, 1.82) is 0 Å². The van der Waals surface area contributed by atoms with Gasteiger partial charge < -0.3 is 5.73 Å². The molecule has 0 aliphatic carbocycles. The molecule has 0 radical (unpaired) electrons. The molecule has 10 heteroatoms. The van der Waals surface area contributed by atoms with Gasteiger partial charge in [0.2, 0.25) is 15.9 Å². The van der Waals surface area contributed by atoms with E-state index in [1.807, 2.05) is 0 Å². The fraction of sp³-hybridized carbons (Fsp3) is 0.222. The lowest BCUT2D eigenvalue weighted by Crippen LogP contribution is -2.33. The van der Waals surface area contributed by atoms with E-state index in [9.17, 15) is 26.4 Å². The summed E-state index contributed by atoms with van der Waals surface area (Å²) < 4.78 is 62.6. The van der Waals surface area contributed by atoms with Gasteiger partial charge in [0.05, 0.1) is 22.0 Å². The van der Waals surface area contributed by atoms with Gasteiger partial charge in [0, 0.05) is 0 Å². The molecule has 0 bridgehead atoms. The zero-order chi connectivity index (χ0) is 14.8. The Morgan fingerprint density at radius 1 is 1.37 bits per heavy atom. The van der Waals surface area contributed by atoms with Gasteiger partial charge in [-0.25, -0.2) is 13.1 Å². The Morgan fingerprint density at radius 2 is 1.95 bits per heavy atom. The molecule has 0 unspecified atom stereocenters. The molecule has 0 aliphatic rings. The van der Waals surface area contributed by atoms with E-state index in [0.29, 0.717) is 6.07 Å². The topological polar surface area (TPSA) is 89.3 Å². The van der Waals surface area contributed by atoms with Gasteiger partial charge in [-0.1, -0.05) is 11.6 Å². The van der Waals surface area contributed by atoms with Gasteiger partial charge in [-0.05, 0) is 18.2 Å². The molecule has 0 atom stereocenters. The SMILES string of the molecule is NC(=O)CNS(=O)(=O)c1ccc(Cl)c(C(F)(F)F)c1. The van der Waals surface area contributed by atoms with Crippen molar-refractivity contribution in [2.45, 2.75) is 11.1 Å². The van der Waals surface area contributed by atoms with E-state index < -0.39 is 44.1 Å². The molecule has 0 aliphatic heterocycles. The number of nitrogens with one attached hydrogen (secondary N) is 1. The molecule has 1 amide bonds. The molecule has 0 heterocycles. The van der Waals surface area contributed by atoms with Crippen molar-refractivity contribution in [2.24, 2.45) is 5.73 Å². The summed E-state index contributed by atoms with van der Waals surface area (Å²) in [5, 5.41) is -0.624. The summed E-state index contributed by atoms with van der Waals surface area (Å²) in [5.41, 5.74) is 3.45. The molecule has 1 aromatic rings. The number of sulfonamides is 1. The van der Waals surface area contributed by atoms with Gasteiger partial charge in [0.1, 0.15) is 0 Å². The van der Waals surface area contributed by atoms with E-state index in [-0.39, 0.29) is 0 Å². The van der Waals surface area contributed by atoms with Gasteiger partial charge in [-0.3, -0.25) is 4.79 Å². The van der Waals surface area contributed by atoms with E-state index in [1.54, 1.807) is 4.72 Å². The molecular weight excluding hydrogens is 309 g/mol. The Balaban J connectivity index is 3.19. The number of hydrogen-bond donors (Lipinski definition) is 2. The minimum absolute atomic E-state index is 0.381. The summed E-state index contributed by atoms with van der Waals surface area (Å²) in [7, 11) is -4.26. The van der Waals surface area contributed by atoms with Crippen LogP contribution in [0.1, 0.15) is 5.56 Å². The standard InChI is InChI=1S/C9H8ClF3N2O3S/c10-7-2-1-5(3-6(7)9(11,12)13)19(17,18)15-4-8(14)16/h1-3,15H,4H2,(H2,14,16). The maximum Gasteiger partial charge on any atom is 0.417 e. The van der Waals surface area contributed by atoms with E-state index >= 15 is 0 Å². The number of carbonyl (C=O) groups is 1. The second-order valence-electron chi connectivity index (χ2n) is 3.43. The Hall–Kier alpha value is -1.32. The minimum atomic E-state index is -4.79. The highest BCUT2D eigenvalue weighted by Gasteiger charge is 2.34. The highest BCUT2D eigenvalue weighted by Crippen LogP contribution is 2.35. The van der Waals surface area contributed by atoms with E-state index in [0.717, 1.165) is 12.1 Å². The van der Waals surface area contributed by atoms with E-state index in [4.69, 9.17) is 17.3 Å². The molecule has 0 fully saturated rings. The summed E-state index contributed by atoms with van der Waals surface area (Å²) in [5.74, 6) is -0.964. The van der Waals surface area contributed by atoms with Crippen molar-refractivity contribution in [3.63, 3.8) is 0 Å². The van der Waals surface area contributed by atoms with Gasteiger partial charge in [-0.2, -0.15) is 13.2 Å². The monoisotopic (exact) mass is 316 g/mol. The number of alkyl halides is 3. The van der Waals surface area contributed by atoms with E-state index in [2.05, 4.69) is 0 Å². The molecule has 5 nitrogen and oxygen atoms in total. The maximum absolute atomic E-state index is 12.6. The van der Waals surface area contributed by atoms with E-state index in [1.165, 1.54) is 0 Å². The van der Waals surface area contributed by atoms with Crippen LogP contribution in [0.5, 0.6) is 0 Å². The van der Waals surface area contributed by atoms with Crippen molar-refractivity contribution in [3.8, 4) is 0 Å². The number of amides is 1. The lowest BCUT2D eigenvalue weighted by molar-refractivity contribution is -0.137. The summed E-state index contributed by atoms with van der Waals surface area (Å²) in [6.45, 7) is -0.716. The molecule has 0 saturated heterocycles. The van der Waals surface area contributed by atoms with Crippen molar-refractivity contribution in [2.75, 3.05) is 6.54 Å². The summed E-state index contributed by atoms with van der Waals surface area (Å²) in [4.78, 5) is 9.79. The largest absolute Gasteiger partial charge is 0.417 e. The van der Waals surface area contributed by atoms with Gasteiger partial charge in [-0.15, -0.1) is 0 Å². The number of hydrogen-bond acceptors (Lipinski definition) is 3. The van der Waals surface area contributed by atoms with Crippen molar-refractivity contribution >= 4 is 27.5 Å². The predicted molar refractivity (Wildman–Crippen MR) is 60.8 cm³/mol. The zero-order valence-corrected chi connectivity index (χ0v) is 10.7. The molecule has 1 rings (SSSR count). The van der Waals surface area contributed by atoms with Crippen LogP contribution in [0.25, 0.3) is 0 Å². The number of primary amides is 1. The summed E-state index contributed by atoms with van der Waals surface area (Å²) >= 11 is 5.35.